The maximum absolute atomic E-state index is 13.3. The summed E-state index contributed by atoms with van der Waals surface area (Å²) in [5, 5.41) is 3.00. The fourth-order valence-corrected chi connectivity index (χ4v) is 4.19. The van der Waals surface area contributed by atoms with E-state index in [9.17, 15) is 18.4 Å². The molecule has 0 bridgehead atoms. The highest BCUT2D eigenvalue weighted by atomic mass is 32.1. The third-order valence-electron chi connectivity index (χ3n) is 4.08. The molecule has 4 nitrogen and oxygen atoms in total. The highest BCUT2D eigenvalue weighted by Gasteiger charge is 2.24. The number of aryl methyl sites for hydroxylation is 1. The van der Waals surface area contributed by atoms with Crippen LogP contribution in [-0.4, -0.2) is 11.8 Å². The fraction of sp³-hybridized carbons (Fsp3) is 0.294. The van der Waals surface area contributed by atoms with Crippen molar-refractivity contribution in [2.75, 3.05) is 5.32 Å². The maximum atomic E-state index is 13.3. The second-order valence-corrected chi connectivity index (χ2v) is 6.82. The second-order valence-electron chi connectivity index (χ2n) is 5.72. The maximum Gasteiger partial charge on any atom is 0.256 e. The number of fused-ring (bicyclic) bond motifs is 1. The Hall–Kier alpha value is -2.28. The first-order valence-corrected chi connectivity index (χ1v) is 8.49. The Kier molecular flexibility index (Phi) is 4.62. The standard InChI is InChI=1S/C17H16F2N2O2S/c18-11-7-6-9(8-12(11)19)16(23)21-17-14(15(20)22)10-4-2-1-3-5-13(10)24-17/h6-8H,1-5H2,(H2,20,22)(H,21,23). The molecule has 0 saturated heterocycles. The van der Waals surface area contributed by atoms with Gasteiger partial charge in [0.2, 0.25) is 0 Å². The average molecular weight is 350 g/mol. The van der Waals surface area contributed by atoms with E-state index >= 15 is 0 Å². The molecule has 7 heteroatoms. The summed E-state index contributed by atoms with van der Waals surface area (Å²) < 4.78 is 26.3. The Morgan fingerprint density at radius 3 is 2.54 bits per heavy atom. The van der Waals surface area contributed by atoms with Crippen LogP contribution in [0.25, 0.3) is 0 Å². The van der Waals surface area contributed by atoms with Gasteiger partial charge >= 0.3 is 0 Å². The quantitative estimate of drug-likeness (QED) is 0.830. The molecule has 0 spiro atoms. The van der Waals surface area contributed by atoms with Crippen LogP contribution in [0.3, 0.4) is 0 Å². The molecule has 3 rings (SSSR count). The number of primary amides is 1. The number of amides is 2. The van der Waals surface area contributed by atoms with Gasteiger partial charge < -0.3 is 11.1 Å². The van der Waals surface area contributed by atoms with Crippen LogP contribution in [-0.2, 0) is 12.8 Å². The van der Waals surface area contributed by atoms with Gasteiger partial charge in [-0.3, -0.25) is 9.59 Å². The molecule has 2 amide bonds. The summed E-state index contributed by atoms with van der Waals surface area (Å²) in [6.45, 7) is 0. The molecule has 0 fully saturated rings. The molecule has 1 aromatic carbocycles. The lowest BCUT2D eigenvalue weighted by atomic mass is 10.1. The van der Waals surface area contributed by atoms with E-state index in [0.717, 1.165) is 54.7 Å². The van der Waals surface area contributed by atoms with Gasteiger partial charge in [0.1, 0.15) is 5.00 Å². The third kappa shape index (κ3) is 3.17. The summed E-state index contributed by atoms with van der Waals surface area (Å²) in [4.78, 5) is 25.2. The summed E-state index contributed by atoms with van der Waals surface area (Å²) in [7, 11) is 0. The smallest absolute Gasteiger partial charge is 0.256 e. The van der Waals surface area contributed by atoms with Gasteiger partial charge in [-0.05, 0) is 49.4 Å². The molecular weight excluding hydrogens is 334 g/mol. The summed E-state index contributed by atoms with van der Waals surface area (Å²) in [5.41, 5.74) is 6.73. The molecule has 126 valence electrons. The number of nitrogens with one attached hydrogen (secondary N) is 1. The van der Waals surface area contributed by atoms with Gasteiger partial charge in [0.25, 0.3) is 11.8 Å². The minimum atomic E-state index is -1.10. The number of hydrogen-bond donors (Lipinski definition) is 2. The Balaban J connectivity index is 1.93. The Morgan fingerprint density at radius 2 is 1.83 bits per heavy atom. The monoisotopic (exact) mass is 350 g/mol. The zero-order chi connectivity index (χ0) is 17.3. The fourth-order valence-electron chi connectivity index (χ4n) is 2.90. The highest BCUT2D eigenvalue weighted by molar-refractivity contribution is 7.17. The molecule has 0 atom stereocenters. The minimum Gasteiger partial charge on any atom is -0.365 e. The number of carbonyl (C=O) groups is 2. The van der Waals surface area contributed by atoms with Crippen molar-refractivity contribution in [3.63, 3.8) is 0 Å². The predicted molar refractivity (Wildman–Crippen MR) is 88.4 cm³/mol. The van der Waals surface area contributed by atoms with Crippen LogP contribution >= 0.6 is 11.3 Å². The zero-order valence-corrected chi connectivity index (χ0v) is 13.6. The Morgan fingerprint density at radius 1 is 1.08 bits per heavy atom. The number of hydrogen-bond acceptors (Lipinski definition) is 3. The largest absolute Gasteiger partial charge is 0.365 e. The summed E-state index contributed by atoms with van der Waals surface area (Å²) in [6.07, 6.45) is 4.70. The van der Waals surface area contributed by atoms with Crippen LogP contribution in [0.1, 0.15) is 50.4 Å². The topological polar surface area (TPSA) is 72.2 Å². The lowest BCUT2D eigenvalue weighted by Gasteiger charge is -2.06. The van der Waals surface area contributed by atoms with Crippen molar-refractivity contribution in [1.29, 1.82) is 0 Å². The molecule has 1 aromatic heterocycles. The van der Waals surface area contributed by atoms with Crippen molar-refractivity contribution in [1.82, 2.24) is 0 Å². The molecule has 0 aliphatic heterocycles. The number of benzene rings is 1. The highest BCUT2D eigenvalue weighted by Crippen LogP contribution is 2.37. The van der Waals surface area contributed by atoms with Crippen molar-refractivity contribution in [3.8, 4) is 0 Å². The molecule has 3 N–H and O–H groups in total. The number of carbonyl (C=O) groups excluding carboxylic acids is 2. The van der Waals surface area contributed by atoms with Crippen molar-refractivity contribution in [2.24, 2.45) is 5.73 Å². The SMILES string of the molecule is NC(=O)c1c(NC(=O)c2ccc(F)c(F)c2)sc2c1CCCCC2. The lowest BCUT2D eigenvalue weighted by molar-refractivity contribution is 0.100. The van der Waals surface area contributed by atoms with E-state index in [0.29, 0.717) is 10.6 Å². The molecular formula is C17H16F2N2O2S. The van der Waals surface area contributed by atoms with Crippen LogP contribution in [0.5, 0.6) is 0 Å². The number of rotatable bonds is 3. The first-order chi connectivity index (χ1) is 11.5. The number of nitrogens with two attached hydrogens (primary N) is 1. The van der Waals surface area contributed by atoms with Gasteiger partial charge in [0.15, 0.2) is 11.6 Å². The third-order valence-corrected chi connectivity index (χ3v) is 5.28. The van der Waals surface area contributed by atoms with Crippen molar-refractivity contribution < 1.29 is 18.4 Å². The van der Waals surface area contributed by atoms with E-state index in [-0.39, 0.29) is 5.56 Å². The molecule has 0 unspecified atom stereocenters. The van der Waals surface area contributed by atoms with Crippen LogP contribution in [0.4, 0.5) is 13.8 Å². The first-order valence-electron chi connectivity index (χ1n) is 7.68. The predicted octanol–water partition coefficient (Wildman–Crippen LogP) is 3.65. The molecule has 1 aliphatic carbocycles. The van der Waals surface area contributed by atoms with Crippen LogP contribution < -0.4 is 11.1 Å². The van der Waals surface area contributed by atoms with Gasteiger partial charge in [-0.2, -0.15) is 0 Å². The van der Waals surface area contributed by atoms with Crippen LogP contribution in [0, 0.1) is 11.6 Å². The Labute approximate surface area is 141 Å². The molecule has 2 aromatic rings. The lowest BCUT2D eigenvalue weighted by Crippen LogP contribution is -2.18. The second kappa shape index (κ2) is 6.68. The summed E-state index contributed by atoms with van der Waals surface area (Å²) in [5.74, 6) is -3.31. The molecule has 0 saturated carbocycles. The van der Waals surface area contributed by atoms with Crippen molar-refractivity contribution in [3.05, 3.63) is 51.4 Å². The summed E-state index contributed by atoms with van der Waals surface area (Å²) >= 11 is 1.33. The molecule has 0 radical (unpaired) electrons. The molecule has 1 aliphatic rings. The van der Waals surface area contributed by atoms with E-state index in [1.807, 2.05) is 0 Å². The van der Waals surface area contributed by atoms with Crippen LogP contribution in [0.2, 0.25) is 0 Å². The number of anilines is 1. The van der Waals surface area contributed by atoms with Crippen molar-refractivity contribution >= 4 is 28.2 Å². The normalized spacial score (nSPS) is 13.9. The Bertz CT molecular complexity index is 817. The first kappa shape index (κ1) is 16.6. The molecule has 1 heterocycles. The average Bonchev–Trinajstić information content (AvgIpc) is 2.71. The van der Waals surface area contributed by atoms with Crippen LogP contribution in [0.15, 0.2) is 18.2 Å². The van der Waals surface area contributed by atoms with E-state index in [1.54, 1.807) is 0 Å². The van der Waals surface area contributed by atoms with E-state index in [1.165, 1.54) is 17.4 Å². The molecule has 24 heavy (non-hydrogen) atoms. The summed E-state index contributed by atoms with van der Waals surface area (Å²) in [6, 6.07) is 2.91. The van der Waals surface area contributed by atoms with Gasteiger partial charge in [0, 0.05) is 10.4 Å². The minimum absolute atomic E-state index is 0.0204. The van der Waals surface area contributed by atoms with Crippen molar-refractivity contribution in [2.45, 2.75) is 32.1 Å². The number of halogens is 2. The van der Waals surface area contributed by atoms with Gasteiger partial charge in [-0.25, -0.2) is 8.78 Å². The van der Waals surface area contributed by atoms with E-state index in [2.05, 4.69) is 5.32 Å². The van der Waals surface area contributed by atoms with Gasteiger partial charge in [-0.1, -0.05) is 6.42 Å². The zero-order valence-electron chi connectivity index (χ0n) is 12.8. The van der Waals surface area contributed by atoms with E-state index in [4.69, 9.17) is 5.73 Å². The van der Waals surface area contributed by atoms with Gasteiger partial charge in [0.05, 0.1) is 5.56 Å². The van der Waals surface area contributed by atoms with E-state index < -0.39 is 23.4 Å². The number of thiophene rings is 1. The van der Waals surface area contributed by atoms with Gasteiger partial charge in [-0.15, -0.1) is 11.3 Å².